The molecule has 0 unspecified atom stereocenters. The second-order valence-electron chi connectivity index (χ2n) is 15.5. The minimum atomic E-state index is -2.98. The molecule has 0 radical (unpaired) electrons. The van der Waals surface area contributed by atoms with Crippen molar-refractivity contribution in [1.29, 1.82) is 0 Å². The van der Waals surface area contributed by atoms with Gasteiger partial charge in [0, 0.05) is 16.5 Å². The molecular formula is C54H37NOSi2. The third kappa shape index (κ3) is 4.47. The van der Waals surface area contributed by atoms with E-state index in [-0.39, 0.29) is 0 Å². The number of aromatic nitrogens is 1. The van der Waals surface area contributed by atoms with Crippen molar-refractivity contribution in [2.45, 2.75) is 0 Å². The quantitative estimate of drug-likeness (QED) is 0.168. The second-order valence-corrected chi connectivity index (χ2v) is 22.9. The highest BCUT2D eigenvalue weighted by atomic mass is 28.3. The minimum Gasteiger partial charge on any atom is -0.458 e. The van der Waals surface area contributed by atoms with E-state index in [2.05, 4.69) is 229 Å². The molecule has 0 bridgehead atoms. The SMILES string of the molecule is c1ccc([Si]2(c3ccccc3)c3ccccc3[Si]3(c4ccccc4Oc4ccccc43)c3cc(-c4ccc(-n5c6ccccc6c6ccccc65)cc4)ccc32)cc1. The lowest BCUT2D eigenvalue weighted by molar-refractivity contribution is 0.487. The van der Waals surface area contributed by atoms with Crippen molar-refractivity contribution in [3.8, 4) is 28.3 Å². The molecule has 12 rings (SSSR count). The van der Waals surface area contributed by atoms with Crippen molar-refractivity contribution in [3.63, 3.8) is 0 Å². The van der Waals surface area contributed by atoms with Gasteiger partial charge in [0.25, 0.3) is 0 Å². The van der Waals surface area contributed by atoms with Gasteiger partial charge in [-0.05, 0) is 89.0 Å². The number of rotatable bonds is 4. The monoisotopic (exact) mass is 771 g/mol. The zero-order valence-corrected chi connectivity index (χ0v) is 33.7. The van der Waals surface area contributed by atoms with Crippen LogP contribution in [0.3, 0.4) is 0 Å². The molecule has 0 fully saturated rings. The molecule has 272 valence electrons. The molecule has 1 spiro atoms. The van der Waals surface area contributed by atoms with E-state index in [4.69, 9.17) is 4.74 Å². The summed E-state index contributed by atoms with van der Waals surface area (Å²) >= 11 is 0. The fraction of sp³-hybridized carbons (Fsp3) is 0. The van der Waals surface area contributed by atoms with E-state index in [1.165, 1.54) is 74.4 Å². The first-order valence-corrected chi connectivity index (χ1v) is 24.1. The zero-order valence-electron chi connectivity index (χ0n) is 31.7. The summed E-state index contributed by atoms with van der Waals surface area (Å²) in [6, 6.07) is 84.1. The molecule has 2 aliphatic heterocycles. The number of benzene rings is 9. The molecule has 10 aromatic rings. The van der Waals surface area contributed by atoms with Crippen molar-refractivity contribution >= 4 is 79.4 Å². The topological polar surface area (TPSA) is 14.2 Å². The van der Waals surface area contributed by atoms with Gasteiger partial charge >= 0.3 is 0 Å². The maximum atomic E-state index is 6.82. The van der Waals surface area contributed by atoms with Crippen LogP contribution in [-0.4, -0.2) is 20.7 Å². The van der Waals surface area contributed by atoms with Gasteiger partial charge in [-0.2, -0.15) is 0 Å². The van der Waals surface area contributed by atoms with Crippen LogP contribution in [0.2, 0.25) is 0 Å². The van der Waals surface area contributed by atoms with Crippen LogP contribution < -0.4 is 46.2 Å². The van der Waals surface area contributed by atoms with Crippen LogP contribution in [0.15, 0.2) is 224 Å². The summed E-state index contributed by atoms with van der Waals surface area (Å²) in [6.07, 6.45) is 0. The van der Waals surface area contributed by atoms with Crippen LogP contribution in [0.4, 0.5) is 0 Å². The molecule has 58 heavy (non-hydrogen) atoms. The maximum absolute atomic E-state index is 6.82. The number of ether oxygens (including phenoxy) is 1. The van der Waals surface area contributed by atoms with Crippen LogP contribution in [0.5, 0.6) is 11.5 Å². The Labute approximate surface area is 339 Å². The van der Waals surface area contributed by atoms with Gasteiger partial charge in [0.05, 0.1) is 11.0 Å². The fourth-order valence-corrected chi connectivity index (χ4v) is 22.8. The Kier molecular flexibility index (Phi) is 7.30. The van der Waals surface area contributed by atoms with Gasteiger partial charge in [-0.25, -0.2) is 0 Å². The van der Waals surface area contributed by atoms with E-state index in [9.17, 15) is 0 Å². The third-order valence-corrected chi connectivity index (χ3v) is 23.1. The van der Waals surface area contributed by atoms with Gasteiger partial charge in [-0.3, -0.25) is 0 Å². The molecule has 0 saturated carbocycles. The number of hydrogen-bond acceptors (Lipinski definition) is 1. The standard InChI is InChI=1S/C54H37NOSi2/c1-3-17-41(18-4-1)57(42-19-5-2-6-20-42)51-29-15-16-30-52(51)58(49-27-13-11-25-47(49)56-48-26-12-14-28-50(48)58)54-37-39(33-36-53(54)57)38-31-34-40(35-32-38)55-45-23-9-7-21-43(45)44-22-8-10-24-46(44)55/h1-37H. The highest BCUT2D eigenvalue weighted by Crippen LogP contribution is 2.34. The Balaban J connectivity index is 1.16. The van der Waals surface area contributed by atoms with Crippen LogP contribution in [-0.2, 0) is 0 Å². The zero-order chi connectivity index (χ0) is 38.3. The minimum absolute atomic E-state index is 0.961. The van der Waals surface area contributed by atoms with Gasteiger partial charge in [-0.15, -0.1) is 0 Å². The molecule has 4 heteroatoms. The van der Waals surface area contributed by atoms with E-state index in [0.29, 0.717) is 0 Å². The first kappa shape index (κ1) is 33.2. The normalized spacial score (nSPS) is 14.3. The van der Waals surface area contributed by atoms with Crippen LogP contribution >= 0.6 is 0 Å². The van der Waals surface area contributed by atoms with E-state index >= 15 is 0 Å². The van der Waals surface area contributed by atoms with Crippen molar-refractivity contribution < 1.29 is 4.74 Å². The lowest BCUT2D eigenvalue weighted by Gasteiger charge is -2.50. The summed E-state index contributed by atoms with van der Waals surface area (Å²) in [5.41, 5.74) is 6.03. The van der Waals surface area contributed by atoms with Gasteiger partial charge in [0.2, 0.25) is 0 Å². The number of hydrogen-bond donors (Lipinski definition) is 0. The van der Waals surface area contributed by atoms with Gasteiger partial charge < -0.3 is 9.30 Å². The summed E-state index contributed by atoms with van der Waals surface area (Å²) < 4.78 is 9.22. The molecule has 3 heterocycles. The predicted octanol–water partition coefficient (Wildman–Crippen LogP) is 7.62. The Morgan fingerprint density at radius 1 is 0.310 bits per heavy atom. The van der Waals surface area contributed by atoms with Gasteiger partial charge in [0.1, 0.15) is 11.5 Å². The molecule has 0 N–H and O–H groups in total. The smallest absolute Gasteiger partial charge is 0.188 e. The van der Waals surface area contributed by atoms with Crippen molar-refractivity contribution in [2.24, 2.45) is 0 Å². The molecule has 0 saturated heterocycles. The molecule has 0 atom stereocenters. The molecule has 9 aromatic carbocycles. The average Bonchev–Trinajstić information content (AvgIpc) is 3.64. The van der Waals surface area contributed by atoms with Crippen molar-refractivity contribution in [2.75, 3.05) is 0 Å². The van der Waals surface area contributed by atoms with E-state index < -0.39 is 16.1 Å². The number of para-hydroxylation sites is 4. The van der Waals surface area contributed by atoms with Crippen LogP contribution in [0.25, 0.3) is 38.6 Å². The highest BCUT2D eigenvalue weighted by molar-refractivity contribution is 7.33. The largest absolute Gasteiger partial charge is 0.458 e. The Morgan fingerprint density at radius 3 is 1.31 bits per heavy atom. The number of fused-ring (bicyclic) bond motifs is 11. The first-order chi connectivity index (χ1) is 28.8. The molecule has 1 aromatic heterocycles. The lowest BCUT2D eigenvalue weighted by Crippen LogP contribution is -2.93. The Hall–Kier alpha value is -6.99. The summed E-state index contributed by atoms with van der Waals surface area (Å²) in [7, 11) is -5.84. The van der Waals surface area contributed by atoms with E-state index in [1.807, 2.05) is 0 Å². The Morgan fingerprint density at radius 2 is 0.741 bits per heavy atom. The molecule has 0 amide bonds. The third-order valence-electron chi connectivity index (χ3n) is 12.8. The molecular weight excluding hydrogens is 735 g/mol. The lowest BCUT2D eigenvalue weighted by atomic mass is 10.1. The van der Waals surface area contributed by atoms with Crippen molar-refractivity contribution in [3.05, 3.63) is 224 Å². The summed E-state index contributed by atoms with van der Waals surface area (Å²) in [5, 5.41) is 13.8. The second kappa shape index (κ2) is 12.8. The predicted molar refractivity (Wildman–Crippen MR) is 247 cm³/mol. The maximum Gasteiger partial charge on any atom is 0.188 e. The van der Waals surface area contributed by atoms with Crippen LogP contribution in [0, 0.1) is 0 Å². The number of nitrogens with zero attached hydrogens (tertiary/aromatic N) is 1. The van der Waals surface area contributed by atoms with Crippen molar-refractivity contribution in [1.82, 2.24) is 4.57 Å². The van der Waals surface area contributed by atoms with Gasteiger partial charge in [0.15, 0.2) is 16.1 Å². The van der Waals surface area contributed by atoms with E-state index in [0.717, 1.165) is 17.2 Å². The first-order valence-electron chi connectivity index (χ1n) is 20.1. The fourth-order valence-electron chi connectivity index (χ4n) is 10.5. The van der Waals surface area contributed by atoms with Gasteiger partial charge in [-0.1, -0.05) is 188 Å². The summed E-state index contributed by atoms with van der Waals surface area (Å²) in [6.45, 7) is 0. The van der Waals surface area contributed by atoms with Crippen LogP contribution in [0.1, 0.15) is 0 Å². The molecule has 2 nitrogen and oxygen atoms in total. The molecule has 2 aliphatic rings. The average molecular weight is 772 g/mol. The highest BCUT2D eigenvalue weighted by Gasteiger charge is 2.59. The molecule has 0 aliphatic carbocycles. The Bertz CT molecular complexity index is 3070. The van der Waals surface area contributed by atoms with E-state index in [1.54, 1.807) is 0 Å². The summed E-state index contributed by atoms with van der Waals surface area (Å²) in [4.78, 5) is 0. The summed E-state index contributed by atoms with van der Waals surface area (Å²) in [5.74, 6) is 1.92.